The number of hydrogen-bond donors (Lipinski definition) is 1. The SMILES string of the molecule is Cc1cccc(CNC(=O)CSC(C)(C)C)c1. The highest BCUT2D eigenvalue weighted by atomic mass is 32.2. The van der Waals surface area contributed by atoms with Gasteiger partial charge in [-0.1, -0.05) is 50.6 Å². The zero-order valence-electron chi connectivity index (χ0n) is 11.0. The van der Waals surface area contributed by atoms with Gasteiger partial charge in [0.2, 0.25) is 5.91 Å². The molecule has 1 N–H and O–H groups in total. The van der Waals surface area contributed by atoms with E-state index in [0.717, 1.165) is 5.56 Å². The molecular weight excluding hydrogens is 230 g/mol. The first kappa shape index (κ1) is 14.1. The van der Waals surface area contributed by atoms with Gasteiger partial charge in [-0.05, 0) is 12.5 Å². The van der Waals surface area contributed by atoms with E-state index in [1.54, 1.807) is 11.8 Å². The molecule has 1 aromatic carbocycles. The van der Waals surface area contributed by atoms with Crippen LogP contribution in [-0.2, 0) is 11.3 Å². The molecule has 0 atom stereocenters. The summed E-state index contributed by atoms with van der Waals surface area (Å²) < 4.78 is 0.140. The van der Waals surface area contributed by atoms with Crippen molar-refractivity contribution in [3.8, 4) is 0 Å². The second-order valence-electron chi connectivity index (χ2n) is 5.17. The molecule has 94 valence electrons. The molecule has 1 rings (SSSR count). The number of aryl methyl sites for hydroxylation is 1. The molecule has 0 spiro atoms. The Morgan fingerprint density at radius 1 is 1.35 bits per heavy atom. The molecule has 2 nitrogen and oxygen atoms in total. The number of amides is 1. The van der Waals surface area contributed by atoms with Gasteiger partial charge in [0.15, 0.2) is 0 Å². The molecule has 17 heavy (non-hydrogen) atoms. The number of hydrogen-bond acceptors (Lipinski definition) is 2. The lowest BCUT2D eigenvalue weighted by Crippen LogP contribution is -2.26. The summed E-state index contributed by atoms with van der Waals surface area (Å²) in [4.78, 5) is 11.6. The molecule has 0 saturated carbocycles. The average molecular weight is 251 g/mol. The van der Waals surface area contributed by atoms with E-state index in [1.807, 2.05) is 12.1 Å². The normalized spacial score (nSPS) is 11.3. The highest BCUT2D eigenvalue weighted by Crippen LogP contribution is 2.22. The van der Waals surface area contributed by atoms with E-state index in [2.05, 4.69) is 45.1 Å². The predicted molar refractivity (Wildman–Crippen MR) is 75.2 cm³/mol. The Morgan fingerprint density at radius 3 is 2.65 bits per heavy atom. The molecular formula is C14H21NOS. The first-order valence-electron chi connectivity index (χ1n) is 5.83. The molecule has 1 aromatic rings. The number of nitrogens with one attached hydrogen (secondary N) is 1. The molecule has 0 aliphatic heterocycles. The van der Waals surface area contributed by atoms with Gasteiger partial charge in [0, 0.05) is 11.3 Å². The second-order valence-corrected chi connectivity index (χ2v) is 6.97. The Kier molecular flexibility index (Phi) is 5.06. The van der Waals surface area contributed by atoms with Crippen LogP contribution < -0.4 is 5.32 Å². The van der Waals surface area contributed by atoms with Gasteiger partial charge < -0.3 is 5.32 Å². The fourth-order valence-corrected chi connectivity index (χ4v) is 2.02. The van der Waals surface area contributed by atoms with Gasteiger partial charge >= 0.3 is 0 Å². The lowest BCUT2D eigenvalue weighted by molar-refractivity contribution is -0.118. The lowest BCUT2D eigenvalue weighted by Gasteiger charge is -2.17. The zero-order valence-corrected chi connectivity index (χ0v) is 11.9. The van der Waals surface area contributed by atoms with Crippen LogP contribution in [0.4, 0.5) is 0 Å². The summed E-state index contributed by atoms with van der Waals surface area (Å²) in [6.45, 7) is 9.02. The average Bonchev–Trinajstić information content (AvgIpc) is 2.23. The third kappa shape index (κ3) is 6.37. The Balaban J connectivity index is 2.33. The molecule has 0 heterocycles. The van der Waals surface area contributed by atoms with Gasteiger partial charge in [-0.3, -0.25) is 4.79 Å². The quantitative estimate of drug-likeness (QED) is 0.890. The van der Waals surface area contributed by atoms with Gasteiger partial charge in [0.05, 0.1) is 5.75 Å². The second kappa shape index (κ2) is 6.10. The number of carbonyl (C=O) groups is 1. The van der Waals surface area contributed by atoms with Crippen LogP contribution in [0.15, 0.2) is 24.3 Å². The molecule has 0 aliphatic rings. The third-order valence-corrected chi connectivity index (χ3v) is 3.48. The first-order valence-corrected chi connectivity index (χ1v) is 6.81. The minimum atomic E-state index is 0.103. The zero-order chi connectivity index (χ0) is 12.9. The highest BCUT2D eigenvalue weighted by molar-refractivity contribution is 8.01. The van der Waals surface area contributed by atoms with E-state index >= 15 is 0 Å². The number of rotatable bonds is 4. The van der Waals surface area contributed by atoms with E-state index < -0.39 is 0 Å². The van der Waals surface area contributed by atoms with Gasteiger partial charge in [0.25, 0.3) is 0 Å². The van der Waals surface area contributed by atoms with Crippen LogP contribution >= 0.6 is 11.8 Å². The van der Waals surface area contributed by atoms with Crippen LogP contribution in [0.5, 0.6) is 0 Å². The maximum Gasteiger partial charge on any atom is 0.230 e. The van der Waals surface area contributed by atoms with Crippen molar-refractivity contribution < 1.29 is 4.79 Å². The molecule has 0 unspecified atom stereocenters. The standard InChI is InChI=1S/C14H21NOS/c1-11-6-5-7-12(8-11)9-15-13(16)10-17-14(2,3)4/h5-8H,9-10H2,1-4H3,(H,15,16). The minimum Gasteiger partial charge on any atom is -0.351 e. The Morgan fingerprint density at radius 2 is 2.06 bits per heavy atom. The van der Waals surface area contributed by atoms with E-state index in [1.165, 1.54) is 5.56 Å². The molecule has 0 bridgehead atoms. The Bertz CT molecular complexity index is 382. The number of benzene rings is 1. The predicted octanol–water partition coefficient (Wildman–Crippen LogP) is 3.14. The van der Waals surface area contributed by atoms with Gasteiger partial charge in [0.1, 0.15) is 0 Å². The van der Waals surface area contributed by atoms with Crippen LogP contribution in [0.2, 0.25) is 0 Å². The van der Waals surface area contributed by atoms with Crippen LogP contribution in [0.3, 0.4) is 0 Å². The van der Waals surface area contributed by atoms with Crippen molar-refractivity contribution in [2.45, 2.75) is 39.0 Å². The summed E-state index contributed by atoms with van der Waals surface area (Å²) in [5, 5.41) is 2.94. The summed E-state index contributed by atoms with van der Waals surface area (Å²) in [6.07, 6.45) is 0. The van der Waals surface area contributed by atoms with Crippen molar-refractivity contribution in [3.63, 3.8) is 0 Å². The molecule has 0 saturated heterocycles. The van der Waals surface area contributed by atoms with Crippen molar-refractivity contribution >= 4 is 17.7 Å². The van der Waals surface area contributed by atoms with Crippen molar-refractivity contribution in [1.82, 2.24) is 5.32 Å². The van der Waals surface area contributed by atoms with E-state index in [-0.39, 0.29) is 10.7 Å². The van der Waals surface area contributed by atoms with Gasteiger partial charge in [-0.25, -0.2) is 0 Å². The van der Waals surface area contributed by atoms with E-state index in [4.69, 9.17) is 0 Å². The molecule has 0 aromatic heterocycles. The van der Waals surface area contributed by atoms with Crippen molar-refractivity contribution in [3.05, 3.63) is 35.4 Å². The third-order valence-electron chi connectivity index (χ3n) is 2.21. The number of thioether (sulfide) groups is 1. The number of carbonyl (C=O) groups excluding carboxylic acids is 1. The minimum absolute atomic E-state index is 0.103. The maximum absolute atomic E-state index is 11.6. The first-order chi connectivity index (χ1) is 7.87. The molecule has 0 fully saturated rings. The van der Waals surface area contributed by atoms with Gasteiger partial charge in [-0.15, -0.1) is 11.8 Å². The Hall–Kier alpha value is -0.960. The molecule has 0 aliphatic carbocycles. The molecule has 0 radical (unpaired) electrons. The van der Waals surface area contributed by atoms with Crippen LogP contribution in [0, 0.1) is 6.92 Å². The maximum atomic E-state index is 11.6. The Labute approximate surface area is 108 Å². The van der Waals surface area contributed by atoms with E-state index in [9.17, 15) is 4.79 Å². The van der Waals surface area contributed by atoms with Crippen LogP contribution in [-0.4, -0.2) is 16.4 Å². The topological polar surface area (TPSA) is 29.1 Å². The summed E-state index contributed by atoms with van der Waals surface area (Å²) in [7, 11) is 0. The van der Waals surface area contributed by atoms with Crippen LogP contribution in [0.25, 0.3) is 0 Å². The fourth-order valence-electron chi connectivity index (χ4n) is 1.36. The molecule has 1 amide bonds. The summed E-state index contributed by atoms with van der Waals surface area (Å²) in [6, 6.07) is 8.20. The molecule has 3 heteroatoms. The smallest absolute Gasteiger partial charge is 0.230 e. The largest absolute Gasteiger partial charge is 0.351 e. The van der Waals surface area contributed by atoms with Crippen molar-refractivity contribution in [2.24, 2.45) is 0 Å². The van der Waals surface area contributed by atoms with Gasteiger partial charge in [-0.2, -0.15) is 0 Å². The monoisotopic (exact) mass is 251 g/mol. The van der Waals surface area contributed by atoms with Crippen molar-refractivity contribution in [1.29, 1.82) is 0 Å². The highest BCUT2D eigenvalue weighted by Gasteiger charge is 2.12. The lowest BCUT2D eigenvalue weighted by atomic mass is 10.1. The summed E-state index contributed by atoms with van der Waals surface area (Å²) >= 11 is 1.67. The summed E-state index contributed by atoms with van der Waals surface area (Å²) in [5.74, 6) is 0.626. The van der Waals surface area contributed by atoms with Crippen LogP contribution in [0.1, 0.15) is 31.9 Å². The van der Waals surface area contributed by atoms with Crippen molar-refractivity contribution in [2.75, 3.05) is 5.75 Å². The fraction of sp³-hybridized carbons (Fsp3) is 0.500. The van der Waals surface area contributed by atoms with E-state index in [0.29, 0.717) is 12.3 Å². The summed E-state index contributed by atoms with van der Waals surface area (Å²) in [5.41, 5.74) is 2.37.